The Balaban J connectivity index is 2.53. The number of rotatable bonds is 6. The van der Waals surface area contributed by atoms with E-state index in [4.69, 9.17) is 0 Å². The van der Waals surface area contributed by atoms with Gasteiger partial charge in [-0.25, -0.2) is 8.42 Å². The summed E-state index contributed by atoms with van der Waals surface area (Å²) in [5.74, 6) is -0.462. The van der Waals surface area contributed by atoms with Crippen LogP contribution in [0, 0.1) is 0 Å². The van der Waals surface area contributed by atoms with Gasteiger partial charge in [0.2, 0.25) is 5.91 Å². The largest absolute Gasteiger partial charge is 0.352 e. The van der Waals surface area contributed by atoms with Crippen LogP contribution < -0.4 is 5.32 Å². The van der Waals surface area contributed by atoms with E-state index >= 15 is 0 Å². The highest BCUT2D eigenvalue weighted by atomic mass is 32.2. The van der Waals surface area contributed by atoms with Crippen LogP contribution in [0.2, 0.25) is 0 Å². The SMILES string of the molecule is C=C(C)CNC(=O)CCS(=O)(=O)c1ccccc1. The smallest absolute Gasteiger partial charge is 0.221 e. The van der Waals surface area contributed by atoms with Crippen LogP contribution in [-0.4, -0.2) is 26.6 Å². The fraction of sp³-hybridized carbons (Fsp3) is 0.308. The van der Waals surface area contributed by atoms with Crippen LogP contribution in [0.3, 0.4) is 0 Å². The van der Waals surface area contributed by atoms with Crippen LogP contribution in [0.15, 0.2) is 47.4 Å². The molecule has 4 nitrogen and oxygen atoms in total. The molecule has 0 bridgehead atoms. The number of amides is 1. The Labute approximate surface area is 108 Å². The molecule has 98 valence electrons. The first kappa shape index (κ1) is 14.4. The molecule has 0 atom stereocenters. The van der Waals surface area contributed by atoms with Crippen molar-refractivity contribution in [1.82, 2.24) is 5.32 Å². The van der Waals surface area contributed by atoms with Crippen molar-refractivity contribution < 1.29 is 13.2 Å². The summed E-state index contributed by atoms with van der Waals surface area (Å²) in [6.45, 7) is 5.82. The van der Waals surface area contributed by atoms with Crippen molar-refractivity contribution in [3.63, 3.8) is 0 Å². The monoisotopic (exact) mass is 267 g/mol. The average molecular weight is 267 g/mol. The average Bonchev–Trinajstić information content (AvgIpc) is 2.35. The summed E-state index contributed by atoms with van der Waals surface area (Å²) < 4.78 is 23.8. The van der Waals surface area contributed by atoms with Crippen molar-refractivity contribution in [3.8, 4) is 0 Å². The summed E-state index contributed by atoms with van der Waals surface area (Å²) >= 11 is 0. The molecule has 0 aliphatic rings. The third-order valence-corrected chi connectivity index (χ3v) is 4.02. The van der Waals surface area contributed by atoms with E-state index in [9.17, 15) is 13.2 Å². The van der Waals surface area contributed by atoms with E-state index in [1.807, 2.05) is 0 Å². The Kier molecular flexibility index (Phi) is 5.09. The lowest BCUT2D eigenvalue weighted by Crippen LogP contribution is -2.26. The van der Waals surface area contributed by atoms with Crippen molar-refractivity contribution >= 4 is 15.7 Å². The quantitative estimate of drug-likeness (QED) is 0.795. The van der Waals surface area contributed by atoms with Crippen molar-refractivity contribution in [2.75, 3.05) is 12.3 Å². The molecule has 1 amide bonds. The van der Waals surface area contributed by atoms with Crippen LogP contribution in [0.4, 0.5) is 0 Å². The lowest BCUT2D eigenvalue weighted by atomic mass is 10.3. The maximum atomic E-state index is 11.9. The van der Waals surface area contributed by atoms with Crippen molar-refractivity contribution in [3.05, 3.63) is 42.5 Å². The van der Waals surface area contributed by atoms with Crippen LogP contribution in [0.1, 0.15) is 13.3 Å². The number of carbonyl (C=O) groups excluding carboxylic acids is 1. The highest BCUT2D eigenvalue weighted by Crippen LogP contribution is 2.10. The molecule has 0 spiro atoms. The van der Waals surface area contributed by atoms with Gasteiger partial charge < -0.3 is 5.32 Å². The Hall–Kier alpha value is -1.62. The molecule has 1 aromatic rings. The highest BCUT2D eigenvalue weighted by molar-refractivity contribution is 7.91. The van der Waals surface area contributed by atoms with Gasteiger partial charge in [-0.1, -0.05) is 30.4 Å². The third-order valence-electron chi connectivity index (χ3n) is 2.29. The normalized spacial score (nSPS) is 10.9. The summed E-state index contributed by atoms with van der Waals surface area (Å²) in [7, 11) is -3.38. The van der Waals surface area contributed by atoms with E-state index in [-0.39, 0.29) is 23.0 Å². The molecule has 1 rings (SSSR count). The zero-order chi connectivity index (χ0) is 13.6. The first-order chi connectivity index (χ1) is 8.42. The Morgan fingerprint density at radius 1 is 1.28 bits per heavy atom. The second-order valence-electron chi connectivity index (χ2n) is 4.12. The standard InChI is InChI=1S/C13H17NO3S/c1-11(2)10-14-13(15)8-9-18(16,17)12-6-4-3-5-7-12/h3-7H,1,8-10H2,2H3,(H,14,15). The van der Waals surface area contributed by atoms with Crippen LogP contribution >= 0.6 is 0 Å². The van der Waals surface area contributed by atoms with Gasteiger partial charge in [0.05, 0.1) is 10.6 Å². The maximum absolute atomic E-state index is 11.9. The Morgan fingerprint density at radius 3 is 2.44 bits per heavy atom. The van der Waals surface area contributed by atoms with E-state index in [0.29, 0.717) is 6.54 Å². The van der Waals surface area contributed by atoms with Crippen LogP contribution in [-0.2, 0) is 14.6 Å². The third kappa shape index (κ3) is 4.71. The Bertz CT molecular complexity index is 520. The van der Waals surface area contributed by atoms with Gasteiger partial charge in [-0.15, -0.1) is 0 Å². The van der Waals surface area contributed by atoms with Gasteiger partial charge in [0.25, 0.3) is 0 Å². The molecule has 5 heteroatoms. The van der Waals surface area contributed by atoms with Gasteiger partial charge in [0.15, 0.2) is 9.84 Å². The molecule has 0 saturated heterocycles. The van der Waals surface area contributed by atoms with Gasteiger partial charge >= 0.3 is 0 Å². The molecular weight excluding hydrogens is 250 g/mol. The first-order valence-corrected chi connectivity index (χ1v) is 7.26. The summed E-state index contributed by atoms with van der Waals surface area (Å²) in [5, 5.41) is 2.60. The van der Waals surface area contributed by atoms with Gasteiger partial charge in [0, 0.05) is 13.0 Å². The molecule has 0 unspecified atom stereocenters. The van der Waals surface area contributed by atoms with E-state index in [2.05, 4.69) is 11.9 Å². The van der Waals surface area contributed by atoms with Crippen molar-refractivity contribution in [2.24, 2.45) is 0 Å². The second kappa shape index (κ2) is 6.35. The van der Waals surface area contributed by atoms with Gasteiger partial charge in [-0.3, -0.25) is 4.79 Å². The topological polar surface area (TPSA) is 63.2 Å². The number of hydrogen-bond acceptors (Lipinski definition) is 3. The zero-order valence-corrected chi connectivity index (χ0v) is 11.2. The fourth-order valence-electron chi connectivity index (χ4n) is 1.31. The number of hydrogen-bond donors (Lipinski definition) is 1. The van der Waals surface area contributed by atoms with Crippen LogP contribution in [0.5, 0.6) is 0 Å². The summed E-state index contributed by atoms with van der Waals surface area (Å²) in [4.78, 5) is 11.7. The molecular formula is C13H17NO3S. The second-order valence-corrected chi connectivity index (χ2v) is 6.22. The summed E-state index contributed by atoms with van der Waals surface area (Å²) in [6.07, 6.45) is -0.0372. The van der Waals surface area contributed by atoms with Gasteiger partial charge in [-0.05, 0) is 19.1 Å². The van der Waals surface area contributed by atoms with Crippen LogP contribution in [0.25, 0.3) is 0 Å². The molecule has 1 aromatic carbocycles. The van der Waals surface area contributed by atoms with E-state index in [1.54, 1.807) is 25.1 Å². The number of nitrogens with one attached hydrogen (secondary N) is 1. The highest BCUT2D eigenvalue weighted by Gasteiger charge is 2.15. The lowest BCUT2D eigenvalue weighted by molar-refractivity contribution is -0.120. The minimum absolute atomic E-state index is 0.0372. The Morgan fingerprint density at radius 2 is 1.89 bits per heavy atom. The van der Waals surface area contributed by atoms with Crippen molar-refractivity contribution in [2.45, 2.75) is 18.2 Å². The molecule has 0 fully saturated rings. The number of benzene rings is 1. The number of sulfone groups is 1. The minimum atomic E-state index is -3.38. The molecule has 0 radical (unpaired) electrons. The fourth-order valence-corrected chi connectivity index (χ4v) is 2.57. The molecule has 1 N–H and O–H groups in total. The van der Waals surface area contributed by atoms with Gasteiger partial charge in [0.1, 0.15) is 0 Å². The molecule has 0 aliphatic heterocycles. The minimum Gasteiger partial charge on any atom is -0.352 e. The molecule has 0 aromatic heterocycles. The van der Waals surface area contributed by atoms with Gasteiger partial charge in [-0.2, -0.15) is 0 Å². The predicted octanol–water partition coefficient (Wildman–Crippen LogP) is 1.54. The maximum Gasteiger partial charge on any atom is 0.221 e. The lowest BCUT2D eigenvalue weighted by Gasteiger charge is -2.06. The summed E-state index contributed by atoms with van der Waals surface area (Å²) in [6, 6.07) is 8.13. The van der Waals surface area contributed by atoms with E-state index in [0.717, 1.165) is 5.57 Å². The summed E-state index contributed by atoms with van der Waals surface area (Å²) in [5.41, 5.74) is 0.828. The number of carbonyl (C=O) groups is 1. The molecule has 0 aliphatic carbocycles. The molecule has 0 heterocycles. The van der Waals surface area contributed by atoms with E-state index < -0.39 is 9.84 Å². The predicted molar refractivity (Wildman–Crippen MR) is 70.9 cm³/mol. The zero-order valence-electron chi connectivity index (χ0n) is 10.3. The molecule has 18 heavy (non-hydrogen) atoms. The molecule has 0 saturated carbocycles. The van der Waals surface area contributed by atoms with Crippen molar-refractivity contribution in [1.29, 1.82) is 0 Å². The first-order valence-electron chi connectivity index (χ1n) is 5.61. The van der Waals surface area contributed by atoms with E-state index in [1.165, 1.54) is 12.1 Å².